The molecule has 0 saturated heterocycles. The minimum absolute atomic E-state index is 3.52. The molecule has 0 spiro atoms. The van der Waals surface area contributed by atoms with Crippen LogP contribution in [0.25, 0.3) is 0 Å². The summed E-state index contributed by atoms with van der Waals surface area (Å²) in [6.07, 6.45) is -3.52. The van der Waals surface area contributed by atoms with E-state index < -0.39 is 11.7 Å². The van der Waals surface area contributed by atoms with E-state index in [0.29, 0.717) is 0 Å². The molecule has 1 nitrogen and oxygen atoms in total. The zero-order valence-corrected chi connectivity index (χ0v) is 3.75. The molecule has 0 aromatic carbocycles. The molecule has 0 saturated carbocycles. The minimum atomic E-state index is -4.25. The number of halogens is 4. The van der Waals surface area contributed by atoms with E-state index in [1.165, 1.54) is 0 Å². The summed E-state index contributed by atoms with van der Waals surface area (Å²) in [6.45, 7) is 0. The lowest BCUT2D eigenvalue weighted by molar-refractivity contribution is -0.149. The average molecular weight is 133 g/mol. The fourth-order valence-corrected chi connectivity index (χ4v) is 0. The molecule has 5 heteroatoms. The first-order valence-electron chi connectivity index (χ1n) is 1.31. The van der Waals surface area contributed by atoms with Crippen molar-refractivity contribution in [3.05, 3.63) is 0 Å². The van der Waals surface area contributed by atoms with Crippen LogP contribution in [0.4, 0.5) is 13.2 Å². The van der Waals surface area contributed by atoms with Gasteiger partial charge in [0.15, 0.2) is 0 Å². The molecule has 1 unspecified atom stereocenters. The minimum Gasteiger partial charge on any atom is -0.204 e. The molecule has 43 valence electrons. The third kappa shape index (κ3) is 2.70. The summed E-state index contributed by atoms with van der Waals surface area (Å²) in [5.74, 6) is 0. The van der Waals surface area contributed by atoms with Crippen LogP contribution in [0.15, 0.2) is 0 Å². The van der Waals surface area contributed by atoms with Crippen LogP contribution in [0.5, 0.6) is 0 Å². The Morgan fingerprint density at radius 2 is 1.71 bits per heavy atom. The summed E-state index contributed by atoms with van der Waals surface area (Å²) < 4.78 is 32.6. The van der Waals surface area contributed by atoms with E-state index in [9.17, 15) is 13.2 Å². The van der Waals surface area contributed by atoms with E-state index in [0.717, 1.165) is 0 Å². The molecule has 0 aliphatic heterocycles. The quantitative estimate of drug-likeness (QED) is 0.484. The van der Waals surface area contributed by atoms with Crippen molar-refractivity contribution in [3.63, 3.8) is 0 Å². The maximum Gasteiger partial charge on any atom is 0.379 e. The second-order valence-electron chi connectivity index (χ2n) is 0.858. The Hall–Kier alpha value is 0.0400. The van der Waals surface area contributed by atoms with Gasteiger partial charge in [0.2, 0.25) is 0 Å². The van der Waals surface area contributed by atoms with Crippen LogP contribution in [-0.2, 0) is 5.11 Å². The number of rotatable bonds is 1. The highest BCUT2D eigenvalue weighted by molar-refractivity contribution is 6.21. The summed E-state index contributed by atoms with van der Waals surface area (Å²) in [5, 5.41) is 4.75. The molecule has 0 rings (SSSR count). The van der Waals surface area contributed by atoms with Gasteiger partial charge in [-0.05, 0) is 11.6 Å². The first kappa shape index (κ1) is 7.04. The van der Waals surface area contributed by atoms with Gasteiger partial charge in [0, 0.05) is 0 Å². The lowest BCUT2D eigenvalue weighted by atomic mass is 10.7. The summed E-state index contributed by atoms with van der Waals surface area (Å²) in [6, 6.07) is 0. The summed E-state index contributed by atoms with van der Waals surface area (Å²) >= 11 is 3.85. The van der Waals surface area contributed by atoms with Gasteiger partial charge in [-0.1, -0.05) is 0 Å². The van der Waals surface area contributed by atoms with Crippen molar-refractivity contribution >= 4 is 11.6 Å². The normalized spacial score (nSPS) is 16.7. The van der Waals surface area contributed by atoms with Gasteiger partial charge in [-0.15, -0.1) is 0 Å². The number of hydrogen-bond acceptors (Lipinski definition) is 0. The fraction of sp³-hybridized carbons (Fsp3) is 1.00. The average Bonchev–Trinajstić information content (AvgIpc) is 1.31. The van der Waals surface area contributed by atoms with Crippen molar-refractivity contribution in [1.29, 1.82) is 0 Å². The molecule has 0 heterocycles. The molecule has 0 amide bonds. The molecule has 7 heavy (non-hydrogen) atoms. The molecule has 0 aromatic rings. The first-order valence-corrected chi connectivity index (χ1v) is 1.69. The second-order valence-corrected chi connectivity index (χ2v) is 1.36. The summed E-state index contributed by atoms with van der Waals surface area (Å²) in [5.41, 5.74) is 0. The van der Waals surface area contributed by atoms with E-state index in [2.05, 4.69) is 11.6 Å². The predicted octanol–water partition coefficient (Wildman–Crippen LogP) is 1.54. The third-order valence-electron chi connectivity index (χ3n) is 0.257. The van der Waals surface area contributed by atoms with E-state index in [-0.39, 0.29) is 0 Å². The Balaban J connectivity index is 3.54. The van der Waals surface area contributed by atoms with Gasteiger partial charge in [-0.25, -0.2) is 4.39 Å². The van der Waals surface area contributed by atoms with Crippen molar-refractivity contribution in [2.24, 2.45) is 0 Å². The van der Waals surface area contributed by atoms with E-state index in [1.807, 2.05) is 0 Å². The molecule has 1 atom stereocenters. The smallest absolute Gasteiger partial charge is 0.204 e. The molecule has 0 aliphatic carbocycles. The Labute approximate surface area is 42.7 Å². The highest BCUT2D eigenvalue weighted by atomic mass is 35.5. The predicted molar refractivity (Wildman–Crippen MR) is 16.4 cm³/mol. The summed E-state index contributed by atoms with van der Waals surface area (Å²) in [7, 11) is 0. The third-order valence-corrected chi connectivity index (χ3v) is 0.429. The topological polar surface area (TPSA) is 19.9 Å². The van der Waals surface area contributed by atoms with Gasteiger partial charge in [-0.2, -0.15) is 13.9 Å². The zero-order valence-electron chi connectivity index (χ0n) is 3.00. The van der Waals surface area contributed by atoms with Crippen molar-refractivity contribution < 1.29 is 18.3 Å². The molecule has 0 bridgehead atoms. The van der Waals surface area contributed by atoms with Crippen molar-refractivity contribution in [1.82, 2.24) is 0 Å². The Morgan fingerprint density at radius 3 is 1.71 bits per heavy atom. The molecule has 0 N–H and O–H groups in total. The molecular weight excluding hydrogens is 132 g/mol. The number of alkyl halides is 4. The molecule has 0 aliphatic rings. The zero-order chi connectivity index (χ0) is 6.08. The van der Waals surface area contributed by atoms with Gasteiger partial charge >= 0.3 is 11.7 Å². The van der Waals surface area contributed by atoms with Gasteiger partial charge in [0.05, 0.1) is 0 Å². The fourth-order valence-electron chi connectivity index (χ4n) is 0. The van der Waals surface area contributed by atoms with E-state index in [1.54, 1.807) is 0 Å². The van der Waals surface area contributed by atoms with Crippen LogP contribution in [0, 0.1) is 0 Å². The van der Waals surface area contributed by atoms with Crippen LogP contribution in [0.1, 0.15) is 0 Å². The van der Waals surface area contributed by atoms with Crippen LogP contribution < -0.4 is 0 Å². The Kier molecular flexibility index (Phi) is 1.89. The first-order chi connectivity index (χ1) is 2.94. The van der Waals surface area contributed by atoms with Gasteiger partial charge < -0.3 is 0 Å². The highest BCUT2D eigenvalue weighted by Gasteiger charge is 2.37. The van der Waals surface area contributed by atoms with Gasteiger partial charge in [0.1, 0.15) is 0 Å². The lowest BCUT2D eigenvalue weighted by Gasteiger charge is -2.02. The van der Waals surface area contributed by atoms with E-state index >= 15 is 0 Å². The Bertz CT molecular complexity index is 58.4. The maximum atomic E-state index is 10.9. The van der Waals surface area contributed by atoms with Crippen molar-refractivity contribution in [2.45, 2.75) is 11.7 Å². The van der Waals surface area contributed by atoms with Crippen LogP contribution >= 0.6 is 11.6 Å². The van der Waals surface area contributed by atoms with Gasteiger partial charge in [-0.3, -0.25) is 0 Å². The lowest BCUT2D eigenvalue weighted by Crippen LogP contribution is -2.20. The summed E-state index contributed by atoms with van der Waals surface area (Å²) in [4.78, 5) is 0. The maximum absolute atomic E-state index is 10.9. The Morgan fingerprint density at radius 1 is 1.57 bits per heavy atom. The monoisotopic (exact) mass is 133 g/mol. The van der Waals surface area contributed by atoms with E-state index in [4.69, 9.17) is 5.11 Å². The van der Waals surface area contributed by atoms with Crippen molar-refractivity contribution in [2.75, 3.05) is 0 Å². The number of hydrogen-bond donors (Lipinski definition) is 0. The van der Waals surface area contributed by atoms with Crippen LogP contribution in [-0.4, -0.2) is 11.7 Å². The molecular formula is C2HClF3O. The molecule has 0 fully saturated rings. The second kappa shape index (κ2) is 1.88. The molecule has 0 aromatic heterocycles. The standard InChI is InChI=1S/C2HClF3O/c3-2(5,6)1(4)7/h1H. The highest BCUT2D eigenvalue weighted by Crippen LogP contribution is 2.24. The van der Waals surface area contributed by atoms with Crippen LogP contribution in [0.3, 0.4) is 0 Å². The van der Waals surface area contributed by atoms with Crippen LogP contribution in [0.2, 0.25) is 0 Å². The largest absolute Gasteiger partial charge is 0.379 e. The van der Waals surface area contributed by atoms with Gasteiger partial charge in [0.25, 0.3) is 0 Å². The molecule has 1 radical (unpaired) electrons. The SMILES string of the molecule is [O]C(F)C(F)(F)Cl. The van der Waals surface area contributed by atoms with Crippen molar-refractivity contribution in [3.8, 4) is 0 Å².